The van der Waals surface area contributed by atoms with Gasteiger partial charge in [-0.1, -0.05) is 18.2 Å². The molecule has 0 radical (unpaired) electrons. The van der Waals surface area contributed by atoms with Crippen LogP contribution in [0.5, 0.6) is 0 Å². The fourth-order valence-corrected chi connectivity index (χ4v) is 3.55. The number of hydrogen-bond donors (Lipinski definition) is 3. The first-order valence-corrected chi connectivity index (χ1v) is 9.01. The van der Waals surface area contributed by atoms with Gasteiger partial charge in [0.1, 0.15) is 11.4 Å². The summed E-state index contributed by atoms with van der Waals surface area (Å²) in [6.45, 7) is 2.34. The Kier molecular flexibility index (Phi) is 4.43. The first-order chi connectivity index (χ1) is 13.3. The van der Waals surface area contributed by atoms with Crippen LogP contribution in [0.3, 0.4) is 0 Å². The molecule has 4 rings (SSSR count). The van der Waals surface area contributed by atoms with Gasteiger partial charge in [-0.25, -0.2) is 14.0 Å². The second kappa shape index (κ2) is 6.79. The summed E-state index contributed by atoms with van der Waals surface area (Å²) < 4.78 is 18.2. The molecule has 2 aromatic carbocycles. The number of nitrogens with zero attached hydrogens (tertiary/aromatic N) is 1. The molecule has 2 heterocycles. The lowest BCUT2D eigenvalue weighted by atomic mass is 9.93. The van der Waals surface area contributed by atoms with Crippen LogP contribution in [0.25, 0.3) is 11.1 Å². The highest BCUT2D eigenvalue weighted by Gasteiger charge is 2.39. The number of rotatable bonds is 3. The van der Waals surface area contributed by atoms with E-state index in [1.165, 1.54) is 17.0 Å². The van der Waals surface area contributed by atoms with Crippen molar-refractivity contribution in [3.8, 4) is 0 Å². The number of aliphatic hydroxyl groups is 1. The number of halogens is 1. The summed E-state index contributed by atoms with van der Waals surface area (Å²) in [4.78, 5) is 28.0. The molecule has 2 atom stereocenters. The molecule has 0 bridgehead atoms. The Bertz CT molecular complexity index is 1070. The van der Waals surface area contributed by atoms with Gasteiger partial charge < -0.3 is 19.7 Å². The molecule has 1 fully saturated rings. The van der Waals surface area contributed by atoms with E-state index in [1.807, 2.05) is 6.92 Å². The molecular weight excluding hydrogens is 365 g/mol. The number of aromatic nitrogens is 1. The number of likely N-dealkylation sites (tertiary alicyclic amines) is 1. The van der Waals surface area contributed by atoms with Crippen molar-refractivity contribution in [2.75, 3.05) is 13.1 Å². The lowest BCUT2D eigenvalue weighted by Gasteiger charge is -2.25. The highest BCUT2D eigenvalue weighted by Crippen LogP contribution is 2.32. The summed E-state index contributed by atoms with van der Waals surface area (Å²) in [5.41, 5.74) is 1.20. The Morgan fingerprint density at radius 3 is 2.82 bits per heavy atom. The largest absolute Gasteiger partial charge is 0.417 e. The van der Waals surface area contributed by atoms with Crippen molar-refractivity contribution >= 4 is 17.1 Å². The van der Waals surface area contributed by atoms with Gasteiger partial charge in [0, 0.05) is 6.54 Å². The SMILES string of the molecule is CC(NC(=O)N1CCC(O)(c2ccc(F)cc2)C1)c1ccc2[nH]c(=O)oc2c1. The minimum Gasteiger partial charge on any atom is -0.408 e. The number of oxazole rings is 1. The van der Waals surface area contributed by atoms with E-state index < -0.39 is 11.4 Å². The molecule has 8 heteroatoms. The van der Waals surface area contributed by atoms with Crippen LogP contribution in [0, 0.1) is 5.82 Å². The molecule has 0 aliphatic carbocycles. The van der Waals surface area contributed by atoms with Crippen LogP contribution in [-0.2, 0) is 5.60 Å². The Balaban J connectivity index is 1.44. The Morgan fingerprint density at radius 1 is 1.32 bits per heavy atom. The van der Waals surface area contributed by atoms with E-state index in [4.69, 9.17) is 4.42 Å². The van der Waals surface area contributed by atoms with Gasteiger partial charge in [0.2, 0.25) is 0 Å². The lowest BCUT2D eigenvalue weighted by Crippen LogP contribution is -2.41. The molecule has 3 aromatic rings. The number of β-amino-alcohol motifs (C(OH)–C–C–N with tert-alkyl or cyclic N) is 1. The van der Waals surface area contributed by atoms with E-state index in [1.54, 1.807) is 30.3 Å². The molecule has 1 aliphatic heterocycles. The second-order valence-corrected chi connectivity index (χ2v) is 7.15. The standard InChI is InChI=1S/C20H20FN3O4/c1-12(13-2-7-16-17(10-13)28-19(26)23-16)22-18(25)24-9-8-20(27,11-24)14-3-5-15(21)6-4-14/h2-7,10,12,27H,8-9,11H2,1H3,(H,22,25)(H,23,26). The summed E-state index contributed by atoms with van der Waals surface area (Å²) in [5.74, 6) is -0.898. The summed E-state index contributed by atoms with van der Waals surface area (Å²) in [5, 5.41) is 13.7. The zero-order valence-electron chi connectivity index (χ0n) is 15.2. The van der Waals surface area contributed by atoms with Gasteiger partial charge in [-0.05, 0) is 48.7 Å². The van der Waals surface area contributed by atoms with Gasteiger partial charge >= 0.3 is 11.8 Å². The number of amides is 2. The van der Waals surface area contributed by atoms with Gasteiger partial charge in [-0.15, -0.1) is 0 Å². The van der Waals surface area contributed by atoms with E-state index in [2.05, 4.69) is 10.3 Å². The monoisotopic (exact) mass is 385 g/mol. The van der Waals surface area contributed by atoms with Crippen LogP contribution < -0.4 is 11.1 Å². The van der Waals surface area contributed by atoms with Crippen molar-refractivity contribution < 1.29 is 18.7 Å². The third-order valence-electron chi connectivity index (χ3n) is 5.20. The molecule has 1 aliphatic rings. The number of benzene rings is 2. The molecule has 0 spiro atoms. The molecule has 1 saturated heterocycles. The number of hydrogen-bond acceptors (Lipinski definition) is 4. The van der Waals surface area contributed by atoms with Crippen LogP contribution >= 0.6 is 0 Å². The molecule has 2 unspecified atom stereocenters. The predicted octanol–water partition coefficient (Wildman–Crippen LogP) is 2.62. The summed E-state index contributed by atoms with van der Waals surface area (Å²) >= 11 is 0. The van der Waals surface area contributed by atoms with Crippen LogP contribution in [0.2, 0.25) is 0 Å². The average molecular weight is 385 g/mol. The van der Waals surface area contributed by atoms with E-state index >= 15 is 0 Å². The molecule has 7 nitrogen and oxygen atoms in total. The first-order valence-electron chi connectivity index (χ1n) is 9.01. The van der Waals surface area contributed by atoms with Gasteiger partial charge in [-0.2, -0.15) is 0 Å². The van der Waals surface area contributed by atoms with Crippen LogP contribution in [-0.4, -0.2) is 34.1 Å². The summed E-state index contributed by atoms with van der Waals surface area (Å²) in [6.07, 6.45) is 0.376. The van der Waals surface area contributed by atoms with Crippen LogP contribution in [0.15, 0.2) is 51.7 Å². The molecule has 2 amide bonds. The zero-order chi connectivity index (χ0) is 19.9. The number of aromatic amines is 1. The lowest BCUT2D eigenvalue weighted by molar-refractivity contribution is 0.0492. The molecule has 0 saturated carbocycles. The molecule has 28 heavy (non-hydrogen) atoms. The minimum atomic E-state index is -1.19. The number of carbonyl (C=O) groups is 1. The van der Waals surface area contributed by atoms with Crippen molar-refractivity contribution in [1.82, 2.24) is 15.2 Å². The van der Waals surface area contributed by atoms with Crippen LogP contribution in [0.4, 0.5) is 9.18 Å². The van der Waals surface area contributed by atoms with Crippen molar-refractivity contribution in [2.24, 2.45) is 0 Å². The van der Waals surface area contributed by atoms with Gasteiger partial charge in [0.05, 0.1) is 18.1 Å². The predicted molar refractivity (Wildman–Crippen MR) is 100 cm³/mol. The Labute approximate surface area is 159 Å². The number of carbonyl (C=O) groups excluding carboxylic acids is 1. The number of nitrogens with one attached hydrogen (secondary N) is 2. The van der Waals surface area contributed by atoms with Gasteiger partial charge in [-0.3, -0.25) is 4.98 Å². The zero-order valence-corrected chi connectivity index (χ0v) is 15.2. The molecule has 1 aromatic heterocycles. The Hall–Kier alpha value is -3.13. The number of H-pyrrole nitrogens is 1. The molecule has 146 valence electrons. The number of urea groups is 1. The van der Waals surface area contributed by atoms with E-state index in [0.717, 1.165) is 5.56 Å². The van der Waals surface area contributed by atoms with Crippen molar-refractivity contribution in [2.45, 2.75) is 25.0 Å². The van der Waals surface area contributed by atoms with E-state index in [9.17, 15) is 19.1 Å². The highest BCUT2D eigenvalue weighted by molar-refractivity contribution is 5.76. The Morgan fingerprint density at radius 2 is 2.07 bits per heavy atom. The summed E-state index contributed by atoms with van der Waals surface area (Å²) in [6, 6.07) is 10.3. The van der Waals surface area contributed by atoms with Crippen LogP contribution in [0.1, 0.15) is 30.5 Å². The third-order valence-corrected chi connectivity index (χ3v) is 5.20. The third kappa shape index (κ3) is 3.38. The van der Waals surface area contributed by atoms with Crippen molar-refractivity contribution in [3.63, 3.8) is 0 Å². The average Bonchev–Trinajstić information content (AvgIpc) is 3.24. The van der Waals surface area contributed by atoms with Gasteiger partial charge in [0.15, 0.2) is 5.58 Å². The molecule has 3 N–H and O–H groups in total. The van der Waals surface area contributed by atoms with E-state index in [0.29, 0.717) is 29.6 Å². The second-order valence-electron chi connectivity index (χ2n) is 7.15. The minimum absolute atomic E-state index is 0.128. The summed E-state index contributed by atoms with van der Waals surface area (Å²) in [7, 11) is 0. The maximum Gasteiger partial charge on any atom is 0.417 e. The number of fused-ring (bicyclic) bond motifs is 1. The van der Waals surface area contributed by atoms with E-state index in [-0.39, 0.29) is 24.4 Å². The topological polar surface area (TPSA) is 98.6 Å². The smallest absolute Gasteiger partial charge is 0.408 e. The first kappa shape index (κ1) is 18.2. The van der Waals surface area contributed by atoms with Gasteiger partial charge in [0.25, 0.3) is 0 Å². The maximum atomic E-state index is 13.1. The molecular formula is C20H20FN3O4. The van der Waals surface area contributed by atoms with Crippen molar-refractivity contribution in [1.29, 1.82) is 0 Å². The highest BCUT2D eigenvalue weighted by atomic mass is 19.1. The fraction of sp³-hybridized carbons (Fsp3) is 0.300. The quantitative estimate of drug-likeness (QED) is 0.645. The van der Waals surface area contributed by atoms with Crippen molar-refractivity contribution in [3.05, 3.63) is 70.0 Å². The normalized spacial score (nSPS) is 20.5. The fourth-order valence-electron chi connectivity index (χ4n) is 3.55. The maximum absolute atomic E-state index is 13.1.